The summed E-state index contributed by atoms with van der Waals surface area (Å²) in [4.78, 5) is 37.1. The molecule has 2 heterocycles. The molecule has 0 bridgehead atoms. The number of nitrogens with two attached hydrogens (primary N) is 1. The molecular formula is C22H17FN6O3S. The maximum Gasteiger partial charge on any atom is 0.338 e. The van der Waals surface area contributed by atoms with Crippen molar-refractivity contribution in [3.05, 3.63) is 88.1 Å². The zero-order valence-corrected chi connectivity index (χ0v) is 17.8. The number of amides is 1. The number of nitrogen functional groups attached to an aromatic ring is 1. The molecule has 0 unspecified atom stereocenters. The van der Waals surface area contributed by atoms with Gasteiger partial charge in [-0.2, -0.15) is 15.0 Å². The average molecular weight is 464 g/mol. The smallest absolute Gasteiger partial charge is 0.338 e. The lowest BCUT2D eigenvalue weighted by Crippen LogP contribution is -2.12. The quantitative estimate of drug-likeness (QED) is 0.350. The van der Waals surface area contributed by atoms with Crippen LogP contribution in [0.4, 0.5) is 27.7 Å². The second kappa shape index (κ2) is 9.83. The van der Waals surface area contributed by atoms with Gasteiger partial charge in [-0.15, -0.1) is 11.3 Å². The summed E-state index contributed by atoms with van der Waals surface area (Å²) in [7, 11) is 0. The van der Waals surface area contributed by atoms with Crippen LogP contribution < -0.4 is 16.4 Å². The van der Waals surface area contributed by atoms with E-state index in [-0.39, 0.29) is 41.6 Å². The van der Waals surface area contributed by atoms with Crippen LogP contribution in [0.1, 0.15) is 25.9 Å². The monoisotopic (exact) mass is 464 g/mol. The van der Waals surface area contributed by atoms with Gasteiger partial charge in [0.2, 0.25) is 11.9 Å². The number of halogens is 1. The minimum absolute atomic E-state index is 0.0634. The minimum Gasteiger partial charge on any atom is -0.454 e. The van der Waals surface area contributed by atoms with Crippen molar-refractivity contribution in [3.8, 4) is 0 Å². The van der Waals surface area contributed by atoms with Crippen LogP contribution in [-0.2, 0) is 11.3 Å². The number of hydrogen-bond acceptors (Lipinski definition) is 9. The van der Waals surface area contributed by atoms with Crippen LogP contribution in [-0.4, -0.2) is 26.8 Å². The first-order valence-electron chi connectivity index (χ1n) is 9.61. The fourth-order valence-corrected chi connectivity index (χ4v) is 3.34. The van der Waals surface area contributed by atoms with Crippen molar-refractivity contribution in [1.82, 2.24) is 15.0 Å². The number of benzene rings is 2. The van der Waals surface area contributed by atoms with Crippen molar-refractivity contribution < 1.29 is 18.7 Å². The molecule has 0 saturated carbocycles. The Balaban J connectivity index is 1.35. The highest BCUT2D eigenvalue weighted by Gasteiger charge is 2.12. The van der Waals surface area contributed by atoms with E-state index >= 15 is 0 Å². The van der Waals surface area contributed by atoms with E-state index < -0.39 is 5.97 Å². The first-order valence-corrected chi connectivity index (χ1v) is 10.5. The summed E-state index contributed by atoms with van der Waals surface area (Å²) in [5.41, 5.74) is 7.10. The second-order valence-electron chi connectivity index (χ2n) is 6.65. The number of hydrogen-bond donors (Lipinski definition) is 3. The Bertz CT molecular complexity index is 1260. The molecule has 2 aromatic carbocycles. The number of aromatic nitrogens is 3. The molecule has 2 aromatic heterocycles. The molecule has 9 nitrogen and oxygen atoms in total. The van der Waals surface area contributed by atoms with Crippen LogP contribution in [0.25, 0.3) is 0 Å². The number of nitrogens with one attached hydrogen (secondary N) is 2. The van der Waals surface area contributed by atoms with Gasteiger partial charge in [0.15, 0.2) is 12.4 Å². The van der Waals surface area contributed by atoms with Gasteiger partial charge in [0.25, 0.3) is 5.91 Å². The predicted octanol–water partition coefficient (Wildman–Crippen LogP) is 4.01. The highest BCUT2D eigenvalue weighted by atomic mass is 32.1. The third-order valence-electron chi connectivity index (χ3n) is 4.26. The Kier molecular flexibility index (Phi) is 6.51. The molecule has 0 aliphatic carbocycles. The number of carbonyl (C=O) groups is 2. The number of esters is 1. The van der Waals surface area contributed by atoms with Gasteiger partial charge in [-0.3, -0.25) is 4.79 Å². The zero-order valence-electron chi connectivity index (χ0n) is 17.0. The second-order valence-corrected chi connectivity index (χ2v) is 7.60. The fraction of sp³-hybridized carbons (Fsp3) is 0.0455. The summed E-state index contributed by atoms with van der Waals surface area (Å²) in [6.45, 7) is -0.236. The third-order valence-corrected chi connectivity index (χ3v) is 5.12. The Labute approximate surface area is 191 Å². The Morgan fingerprint density at radius 3 is 2.39 bits per heavy atom. The van der Waals surface area contributed by atoms with E-state index in [2.05, 4.69) is 25.6 Å². The molecule has 0 atom stereocenters. The summed E-state index contributed by atoms with van der Waals surface area (Å²) in [6, 6.07) is 15.4. The summed E-state index contributed by atoms with van der Waals surface area (Å²) in [6.07, 6.45) is 0. The lowest BCUT2D eigenvalue weighted by Gasteiger charge is -2.09. The van der Waals surface area contributed by atoms with Crippen molar-refractivity contribution in [2.24, 2.45) is 0 Å². The van der Waals surface area contributed by atoms with E-state index in [1.165, 1.54) is 47.7 Å². The van der Waals surface area contributed by atoms with Gasteiger partial charge in [-0.05, 0) is 60.0 Å². The third kappa shape index (κ3) is 5.86. The molecule has 0 spiro atoms. The highest BCUT2D eigenvalue weighted by Crippen LogP contribution is 2.16. The maximum atomic E-state index is 13.1. The van der Waals surface area contributed by atoms with Crippen LogP contribution in [0.15, 0.2) is 66.0 Å². The lowest BCUT2D eigenvalue weighted by atomic mass is 10.2. The first-order chi connectivity index (χ1) is 16.0. The van der Waals surface area contributed by atoms with Crippen molar-refractivity contribution in [2.75, 3.05) is 16.4 Å². The molecule has 0 aliphatic heterocycles. The van der Waals surface area contributed by atoms with E-state index in [4.69, 9.17) is 10.5 Å². The van der Waals surface area contributed by atoms with Gasteiger partial charge >= 0.3 is 5.97 Å². The molecule has 4 N–H and O–H groups in total. The Morgan fingerprint density at radius 1 is 0.970 bits per heavy atom. The van der Waals surface area contributed by atoms with Crippen molar-refractivity contribution >= 4 is 46.5 Å². The predicted molar refractivity (Wildman–Crippen MR) is 122 cm³/mol. The van der Waals surface area contributed by atoms with E-state index in [1.807, 2.05) is 5.38 Å². The number of anilines is 4. The van der Waals surface area contributed by atoms with Crippen molar-refractivity contribution in [2.45, 2.75) is 6.61 Å². The van der Waals surface area contributed by atoms with Crippen LogP contribution in [0.2, 0.25) is 0 Å². The molecule has 4 rings (SSSR count). The molecule has 0 saturated heterocycles. The highest BCUT2D eigenvalue weighted by molar-refractivity contribution is 7.12. The Morgan fingerprint density at radius 2 is 1.70 bits per heavy atom. The van der Waals surface area contributed by atoms with E-state index in [9.17, 15) is 14.0 Å². The molecular weight excluding hydrogens is 447 g/mol. The van der Waals surface area contributed by atoms with Gasteiger partial charge in [-0.1, -0.05) is 6.07 Å². The molecule has 0 fully saturated rings. The van der Waals surface area contributed by atoms with Crippen LogP contribution in [0, 0.1) is 5.82 Å². The molecule has 1 amide bonds. The van der Waals surface area contributed by atoms with E-state index in [0.29, 0.717) is 16.3 Å². The maximum absolute atomic E-state index is 13.1. The zero-order chi connectivity index (χ0) is 23.2. The van der Waals surface area contributed by atoms with Crippen LogP contribution in [0.3, 0.4) is 0 Å². The molecule has 4 aromatic rings. The molecule has 166 valence electrons. The van der Waals surface area contributed by atoms with Crippen molar-refractivity contribution in [3.63, 3.8) is 0 Å². The number of thiophene rings is 1. The molecule has 11 heteroatoms. The van der Waals surface area contributed by atoms with Gasteiger partial charge in [-0.25, -0.2) is 9.18 Å². The van der Waals surface area contributed by atoms with E-state index in [1.54, 1.807) is 24.3 Å². The topological polar surface area (TPSA) is 132 Å². The molecule has 0 aliphatic rings. The van der Waals surface area contributed by atoms with Gasteiger partial charge in [0.05, 0.1) is 10.4 Å². The average Bonchev–Trinajstić information content (AvgIpc) is 3.34. The standard InChI is InChI=1S/C22H17FN6O3S/c23-14-5-9-16(10-6-14)26-22-28-18(27-21(24)29-22)12-32-20(31)13-3-7-15(8-4-13)25-19(30)17-2-1-11-33-17/h1-11H,12H2,(H,25,30)(H3,24,26,27,28,29). The van der Waals surface area contributed by atoms with Gasteiger partial charge in [0.1, 0.15) is 5.82 Å². The summed E-state index contributed by atoms with van der Waals surface area (Å²) < 4.78 is 18.3. The SMILES string of the molecule is Nc1nc(COC(=O)c2ccc(NC(=O)c3cccs3)cc2)nc(Nc2ccc(F)cc2)n1. The summed E-state index contributed by atoms with van der Waals surface area (Å²) in [5.74, 6) is -0.991. The number of rotatable bonds is 7. The lowest BCUT2D eigenvalue weighted by molar-refractivity contribution is 0.0462. The van der Waals surface area contributed by atoms with Gasteiger partial charge < -0.3 is 21.1 Å². The van der Waals surface area contributed by atoms with Gasteiger partial charge in [0, 0.05) is 11.4 Å². The number of ether oxygens (including phenoxy) is 1. The normalized spacial score (nSPS) is 10.5. The van der Waals surface area contributed by atoms with Crippen LogP contribution in [0.5, 0.6) is 0 Å². The Hall–Kier alpha value is -4.38. The summed E-state index contributed by atoms with van der Waals surface area (Å²) >= 11 is 1.33. The largest absolute Gasteiger partial charge is 0.454 e. The summed E-state index contributed by atoms with van der Waals surface area (Å²) in [5, 5.41) is 7.45. The number of nitrogens with zero attached hydrogens (tertiary/aromatic N) is 3. The molecule has 33 heavy (non-hydrogen) atoms. The first kappa shape index (κ1) is 21.8. The fourth-order valence-electron chi connectivity index (χ4n) is 2.72. The molecule has 0 radical (unpaired) electrons. The minimum atomic E-state index is -0.599. The number of carbonyl (C=O) groups excluding carboxylic acids is 2. The van der Waals surface area contributed by atoms with Crippen LogP contribution >= 0.6 is 11.3 Å². The van der Waals surface area contributed by atoms with Crippen molar-refractivity contribution in [1.29, 1.82) is 0 Å². The van der Waals surface area contributed by atoms with E-state index in [0.717, 1.165) is 0 Å².